The van der Waals surface area contributed by atoms with E-state index in [0.717, 1.165) is 35.2 Å². The molecule has 0 unspecified atom stereocenters. The van der Waals surface area contributed by atoms with E-state index in [1.54, 1.807) is 12.4 Å². The normalized spacial score (nSPS) is 11.0. The number of hydrogen-bond donors (Lipinski definition) is 1. The van der Waals surface area contributed by atoms with Crippen LogP contribution in [-0.4, -0.2) is 21.6 Å². The molecule has 114 valence electrons. The highest BCUT2D eigenvalue weighted by Crippen LogP contribution is 2.24. The summed E-state index contributed by atoms with van der Waals surface area (Å²) in [5.41, 5.74) is 4.22. The van der Waals surface area contributed by atoms with Crippen molar-refractivity contribution < 1.29 is 4.74 Å². The zero-order chi connectivity index (χ0) is 15.2. The number of fused-ring (bicyclic) bond motifs is 1. The average Bonchev–Trinajstić information content (AvgIpc) is 2.97. The first kappa shape index (κ1) is 14.6. The lowest BCUT2D eigenvalue weighted by Gasteiger charge is -2.01. The van der Waals surface area contributed by atoms with Gasteiger partial charge in [-0.25, -0.2) is 0 Å². The summed E-state index contributed by atoms with van der Waals surface area (Å²) in [4.78, 5) is 11.8. The topological polar surface area (TPSA) is 50.8 Å². The van der Waals surface area contributed by atoms with Gasteiger partial charge < -0.3 is 9.72 Å². The van der Waals surface area contributed by atoms with Crippen LogP contribution in [-0.2, 0) is 0 Å². The van der Waals surface area contributed by atoms with Gasteiger partial charge in [-0.1, -0.05) is 32.3 Å². The molecule has 22 heavy (non-hydrogen) atoms. The number of aromatic amines is 1. The van der Waals surface area contributed by atoms with E-state index in [0.29, 0.717) is 6.01 Å². The monoisotopic (exact) mass is 295 g/mol. The Morgan fingerprint density at radius 1 is 1.00 bits per heavy atom. The maximum Gasteiger partial charge on any atom is 0.294 e. The van der Waals surface area contributed by atoms with Crippen LogP contribution in [0.25, 0.3) is 22.2 Å². The van der Waals surface area contributed by atoms with Gasteiger partial charge in [-0.05, 0) is 41.8 Å². The number of imidazole rings is 1. The Labute approximate surface area is 130 Å². The third kappa shape index (κ3) is 3.45. The fourth-order valence-corrected chi connectivity index (χ4v) is 2.48. The predicted molar refractivity (Wildman–Crippen MR) is 89.0 cm³/mol. The molecule has 4 nitrogen and oxygen atoms in total. The molecular weight excluding hydrogens is 274 g/mol. The quantitative estimate of drug-likeness (QED) is 0.649. The van der Waals surface area contributed by atoms with E-state index in [4.69, 9.17) is 4.74 Å². The average molecular weight is 295 g/mol. The van der Waals surface area contributed by atoms with Crippen molar-refractivity contribution in [3.05, 3.63) is 42.7 Å². The van der Waals surface area contributed by atoms with E-state index < -0.39 is 0 Å². The standard InChI is InChI=1S/C18H21N3O/c1-2-3-4-5-12-22-18-20-16-7-6-15(13-17(16)21-18)14-8-10-19-11-9-14/h6-11,13H,2-5,12H2,1H3,(H,20,21). The number of rotatable bonds is 7. The minimum atomic E-state index is 0.610. The first-order valence-corrected chi connectivity index (χ1v) is 7.90. The van der Waals surface area contributed by atoms with Gasteiger partial charge in [0.25, 0.3) is 6.01 Å². The highest BCUT2D eigenvalue weighted by molar-refractivity contribution is 5.82. The fraction of sp³-hybridized carbons (Fsp3) is 0.333. The van der Waals surface area contributed by atoms with Gasteiger partial charge in [0.1, 0.15) is 0 Å². The van der Waals surface area contributed by atoms with Crippen molar-refractivity contribution >= 4 is 11.0 Å². The van der Waals surface area contributed by atoms with Gasteiger partial charge >= 0.3 is 0 Å². The molecule has 0 bridgehead atoms. The molecule has 0 fully saturated rings. The van der Waals surface area contributed by atoms with Crippen molar-refractivity contribution in [3.63, 3.8) is 0 Å². The van der Waals surface area contributed by atoms with Crippen molar-refractivity contribution in [3.8, 4) is 17.1 Å². The molecule has 0 aliphatic rings. The Morgan fingerprint density at radius 3 is 2.68 bits per heavy atom. The number of pyridine rings is 1. The van der Waals surface area contributed by atoms with Gasteiger partial charge in [0.05, 0.1) is 17.6 Å². The van der Waals surface area contributed by atoms with Gasteiger partial charge in [-0.15, -0.1) is 0 Å². The zero-order valence-corrected chi connectivity index (χ0v) is 12.9. The van der Waals surface area contributed by atoms with Crippen LogP contribution >= 0.6 is 0 Å². The number of unbranched alkanes of at least 4 members (excludes halogenated alkanes) is 3. The Hall–Kier alpha value is -2.36. The minimum absolute atomic E-state index is 0.610. The lowest BCUT2D eigenvalue weighted by Crippen LogP contribution is -1.98. The maximum absolute atomic E-state index is 5.71. The van der Waals surface area contributed by atoms with Crippen LogP contribution in [0.2, 0.25) is 0 Å². The second kappa shape index (κ2) is 7.07. The molecule has 0 saturated carbocycles. The molecule has 2 aromatic heterocycles. The van der Waals surface area contributed by atoms with Crippen LogP contribution in [0.3, 0.4) is 0 Å². The van der Waals surface area contributed by atoms with Crippen molar-refractivity contribution in [2.24, 2.45) is 0 Å². The van der Waals surface area contributed by atoms with Gasteiger partial charge in [-0.3, -0.25) is 4.98 Å². The Bertz CT molecular complexity index is 722. The van der Waals surface area contributed by atoms with E-state index >= 15 is 0 Å². The third-order valence-corrected chi connectivity index (χ3v) is 3.71. The van der Waals surface area contributed by atoms with Crippen molar-refractivity contribution in [2.75, 3.05) is 6.61 Å². The number of H-pyrrole nitrogens is 1. The first-order valence-electron chi connectivity index (χ1n) is 7.90. The minimum Gasteiger partial charge on any atom is -0.465 e. The number of ether oxygens (including phenoxy) is 1. The molecule has 3 aromatic rings. The lowest BCUT2D eigenvalue weighted by molar-refractivity contribution is 0.285. The molecule has 0 atom stereocenters. The van der Waals surface area contributed by atoms with Crippen LogP contribution in [0.5, 0.6) is 6.01 Å². The molecule has 0 spiro atoms. The zero-order valence-electron chi connectivity index (χ0n) is 12.9. The molecule has 0 saturated heterocycles. The van der Waals surface area contributed by atoms with Crippen LogP contribution in [0, 0.1) is 0 Å². The molecule has 1 aromatic carbocycles. The van der Waals surface area contributed by atoms with Gasteiger partial charge in [0.2, 0.25) is 0 Å². The molecule has 0 aliphatic carbocycles. The molecular formula is C18H21N3O. The summed E-state index contributed by atoms with van der Waals surface area (Å²) < 4.78 is 5.71. The Balaban J connectivity index is 1.71. The van der Waals surface area contributed by atoms with E-state index in [2.05, 4.69) is 34.0 Å². The summed E-state index contributed by atoms with van der Waals surface area (Å²) >= 11 is 0. The van der Waals surface area contributed by atoms with Gasteiger partial charge in [-0.2, -0.15) is 4.98 Å². The summed E-state index contributed by atoms with van der Waals surface area (Å²) in [7, 11) is 0. The molecule has 2 heterocycles. The van der Waals surface area contributed by atoms with E-state index in [1.165, 1.54) is 19.3 Å². The second-order valence-corrected chi connectivity index (χ2v) is 5.42. The van der Waals surface area contributed by atoms with E-state index in [9.17, 15) is 0 Å². The molecule has 3 rings (SSSR count). The number of benzene rings is 1. The van der Waals surface area contributed by atoms with Crippen molar-refractivity contribution in [2.45, 2.75) is 32.6 Å². The third-order valence-electron chi connectivity index (χ3n) is 3.71. The number of hydrogen-bond acceptors (Lipinski definition) is 3. The SMILES string of the molecule is CCCCCCOc1nc2ccc(-c3ccncc3)cc2[nH]1. The van der Waals surface area contributed by atoms with Gasteiger partial charge in [0, 0.05) is 12.4 Å². The largest absolute Gasteiger partial charge is 0.465 e. The van der Waals surface area contributed by atoms with Gasteiger partial charge in [0.15, 0.2) is 0 Å². The summed E-state index contributed by atoms with van der Waals surface area (Å²) in [5, 5.41) is 0. The Morgan fingerprint density at radius 2 is 1.86 bits per heavy atom. The van der Waals surface area contributed by atoms with E-state index in [1.807, 2.05) is 18.2 Å². The number of nitrogens with zero attached hydrogens (tertiary/aromatic N) is 2. The number of nitrogens with one attached hydrogen (secondary N) is 1. The smallest absolute Gasteiger partial charge is 0.294 e. The van der Waals surface area contributed by atoms with Crippen LogP contribution in [0.1, 0.15) is 32.6 Å². The summed E-state index contributed by atoms with van der Waals surface area (Å²) in [6.45, 7) is 2.93. The van der Waals surface area contributed by atoms with Crippen molar-refractivity contribution in [1.29, 1.82) is 0 Å². The number of aromatic nitrogens is 3. The first-order chi connectivity index (χ1) is 10.9. The fourth-order valence-electron chi connectivity index (χ4n) is 2.48. The van der Waals surface area contributed by atoms with Crippen LogP contribution < -0.4 is 4.74 Å². The molecule has 0 aliphatic heterocycles. The molecule has 0 amide bonds. The Kier molecular flexibility index (Phi) is 4.68. The maximum atomic E-state index is 5.71. The summed E-state index contributed by atoms with van der Waals surface area (Å²) in [6, 6.07) is 10.8. The predicted octanol–water partition coefficient (Wildman–Crippen LogP) is 4.58. The second-order valence-electron chi connectivity index (χ2n) is 5.42. The summed E-state index contributed by atoms with van der Waals surface area (Å²) in [5.74, 6) is 0. The van der Waals surface area contributed by atoms with Crippen LogP contribution in [0.4, 0.5) is 0 Å². The molecule has 0 radical (unpaired) electrons. The molecule has 4 heteroatoms. The highest BCUT2D eigenvalue weighted by Gasteiger charge is 2.05. The lowest BCUT2D eigenvalue weighted by atomic mass is 10.1. The van der Waals surface area contributed by atoms with Crippen LogP contribution in [0.15, 0.2) is 42.7 Å². The highest BCUT2D eigenvalue weighted by atomic mass is 16.5. The van der Waals surface area contributed by atoms with Crippen molar-refractivity contribution in [1.82, 2.24) is 15.0 Å². The molecule has 1 N–H and O–H groups in total. The van der Waals surface area contributed by atoms with E-state index in [-0.39, 0.29) is 0 Å². The summed E-state index contributed by atoms with van der Waals surface area (Å²) in [6.07, 6.45) is 8.39.